The van der Waals surface area contributed by atoms with E-state index in [-0.39, 0.29) is 0 Å². The fourth-order valence-corrected chi connectivity index (χ4v) is 13.2. The summed E-state index contributed by atoms with van der Waals surface area (Å²) < 4.78 is 1.26. The van der Waals surface area contributed by atoms with E-state index in [2.05, 4.69) is 289 Å². The lowest BCUT2D eigenvalue weighted by Gasteiger charge is -2.35. The zero-order valence-corrected chi connectivity index (χ0v) is 40.3. The molecule has 0 aliphatic heterocycles. The summed E-state index contributed by atoms with van der Waals surface area (Å²) in [4.78, 5) is 2.45. The van der Waals surface area contributed by atoms with Crippen LogP contribution in [0.4, 0.5) is 17.1 Å². The minimum atomic E-state index is -0.509. The Labute approximate surface area is 425 Å². The summed E-state index contributed by atoms with van der Waals surface area (Å²) in [5.74, 6) is 0. The molecule has 2 heteroatoms. The van der Waals surface area contributed by atoms with Gasteiger partial charge in [0, 0.05) is 21.8 Å². The predicted molar refractivity (Wildman–Crippen MR) is 302 cm³/mol. The van der Waals surface area contributed by atoms with Crippen molar-refractivity contribution in [3.05, 3.63) is 329 Å². The van der Waals surface area contributed by atoms with Gasteiger partial charge < -0.3 is 4.90 Å². The monoisotopic (exact) mass is 933 g/mol. The Hall–Kier alpha value is -8.82. The summed E-state index contributed by atoms with van der Waals surface area (Å²) in [5.41, 5.74) is 22.5. The van der Waals surface area contributed by atoms with Crippen LogP contribution in [0.1, 0.15) is 44.5 Å². The molecule has 338 valence electrons. The van der Waals surface area contributed by atoms with Crippen LogP contribution in [0.15, 0.2) is 284 Å². The molecule has 1 heterocycles. The number of anilines is 3. The Morgan fingerprint density at radius 2 is 0.681 bits per heavy atom. The summed E-state index contributed by atoms with van der Waals surface area (Å²) in [6.45, 7) is 0. The lowest BCUT2D eigenvalue weighted by atomic mass is 9.67. The molecule has 12 aromatic rings. The standard InChI is InChI=1S/C70H47NS/c1-5-19-53(20-6-1)69(54-21-7-2-8-22-54)64-30-15-13-28-60(64)62-40-37-52(45-66(62)69)49-34-32-48(33-35-49)51-18-17-27-57(44-51)71(59-38-36-50-42-43-72-68(50)47-59)58-39-41-63-61-29-14-16-31-65(61)70(67(63)46-58,55-23-9-3-10-24-55)56-25-11-4-12-26-56/h1-47H. The van der Waals surface area contributed by atoms with Crippen molar-refractivity contribution in [3.8, 4) is 44.5 Å². The molecule has 0 unspecified atom stereocenters. The molecule has 2 aliphatic carbocycles. The third-order valence-electron chi connectivity index (χ3n) is 15.5. The second kappa shape index (κ2) is 16.9. The van der Waals surface area contributed by atoms with Crippen molar-refractivity contribution in [2.75, 3.05) is 4.90 Å². The number of rotatable bonds is 9. The average Bonchev–Trinajstić information content (AvgIpc) is 4.15. The average molecular weight is 934 g/mol. The number of hydrogen-bond donors (Lipinski definition) is 0. The molecular formula is C70H47NS. The van der Waals surface area contributed by atoms with Crippen molar-refractivity contribution in [3.63, 3.8) is 0 Å². The van der Waals surface area contributed by atoms with E-state index in [1.165, 1.54) is 93.5 Å². The van der Waals surface area contributed by atoms with Gasteiger partial charge in [0.1, 0.15) is 0 Å². The highest BCUT2D eigenvalue weighted by molar-refractivity contribution is 7.17. The highest BCUT2D eigenvalue weighted by Crippen LogP contribution is 2.59. The Balaban J connectivity index is 0.885. The van der Waals surface area contributed by atoms with Crippen LogP contribution in [0.2, 0.25) is 0 Å². The van der Waals surface area contributed by atoms with Gasteiger partial charge in [0.15, 0.2) is 0 Å². The number of thiophene rings is 1. The highest BCUT2D eigenvalue weighted by atomic mass is 32.1. The molecule has 0 radical (unpaired) electrons. The summed E-state index contributed by atoms with van der Waals surface area (Å²) in [5, 5.41) is 3.45. The zero-order chi connectivity index (χ0) is 47.6. The Bertz CT molecular complexity index is 3890. The van der Waals surface area contributed by atoms with E-state index in [0.717, 1.165) is 22.6 Å². The van der Waals surface area contributed by atoms with Crippen LogP contribution < -0.4 is 4.90 Å². The summed E-state index contributed by atoms with van der Waals surface area (Å²) in [6.07, 6.45) is 0. The number of fused-ring (bicyclic) bond motifs is 7. The molecule has 1 aromatic heterocycles. The number of nitrogens with zero attached hydrogens (tertiary/aromatic N) is 1. The minimum absolute atomic E-state index is 0.446. The van der Waals surface area contributed by atoms with E-state index in [4.69, 9.17) is 0 Å². The smallest absolute Gasteiger partial charge is 0.0714 e. The molecule has 0 fully saturated rings. The van der Waals surface area contributed by atoms with Gasteiger partial charge in [-0.1, -0.05) is 231 Å². The molecule has 11 aromatic carbocycles. The van der Waals surface area contributed by atoms with Gasteiger partial charge in [-0.3, -0.25) is 0 Å². The maximum Gasteiger partial charge on any atom is 0.0714 e. The lowest BCUT2D eigenvalue weighted by molar-refractivity contribution is 0.768. The fraction of sp³-hybridized carbons (Fsp3) is 0.0286. The Morgan fingerprint density at radius 3 is 1.24 bits per heavy atom. The third kappa shape index (κ3) is 6.39. The molecule has 0 saturated carbocycles. The molecular weight excluding hydrogens is 887 g/mol. The molecule has 72 heavy (non-hydrogen) atoms. The molecule has 0 spiro atoms. The molecule has 0 bridgehead atoms. The van der Waals surface area contributed by atoms with E-state index in [1.54, 1.807) is 11.3 Å². The molecule has 14 rings (SSSR count). The zero-order valence-electron chi connectivity index (χ0n) is 39.5. The maximum atomic E-state index is 2.47. The summed E-state index contributed by atoms with van der Waals surface area (Å²) in [7, 11) is 0. The van der Waals surface area contributed by atoms with Crippen molar-refractivity contribution < 1.29 is 0 Å². The van der Waals surface area contributed by atoms with Crippen molar-refractivity contribution in [2.45, 2.75) is 10.8 Å². The number of hydrogen-bond acceptors (Lipinski definition) is 2. The van der Waals surface area contributed by atoms with Gasteiger partial charge in [-0.05, 0) is 148 Å². The first kappa shape index (κ1) is 42.1. The van der Waals surface area contributed by atoms with E-state index in [1.807, 2.05) is 0 Å². The van der Waals surface area contributed by atoms with E-state index in [9.17, 15) is 0 Å². The van der Waals surface area contributed by atoms with Crippen LogP contribution in [0.5, 0.6) is 0 Å². The van der Waals surface area contributed by atoms with E-state index < -0.39 is 10.8 Å². The lowest BCUT2D eigenvalue weighted by Crippen LogP contribution is -2.28. The molecule has 0 N–H and O–H groups in total. The van der Waals surface area contributed by atoms with Crippen LogP contribution >= 0.6 is 11.3 Å². The third-order valence-corrected chi connectivity index (χ3v) is 16.4. The first-order valence-electron chi connectivity index (χ1n) is 24.9. The van der Waals surface area contributed by atoms with Crippen LogP contribution in [-0.2, 0) is 10.8 Å². The van der Waals surface area contributed by atoms with E-state index >= 15 is 0 Å². The first-order chi connectivity index (χ1) is 35.7. The van der Waals surface area contributed by atoms with Gasteiger partial charge >= 0.3 is 0 Å². The topological polar surface area (TPSA) is 3.24 Å². The fourth-order valence-electron chi connectivity index (χ4n) is 12.4. The predicted octanol–water partition coefficient (Wildman–Crippen LogP) is 18.4. The molecule has 0 amide bonds. The van der Waals surface area contributed by atoms with Gasteiger partial charge in [0.2, 0.25) is 0 Å². The van der Waals surface area contributed by atoms with Crippen molar-refractivity contribution in [1.82, 2.24) is 0 Å². The van der Waals surface area contributed by atoms with Crippen molar-refractivity contribution >= 4 is 38.5 Å². The second-order valence-corrected chi connectivity index (χ2v) is 20.1. The van der Waals surface area contributed by atoms with Gasteiger partial charge in [0.25, 0.3) is 0 Å². The normalized spacial score (nSPS) is 13.5. The van der Waals surface area contributed by atoms with Gasteiger partial charge in [-0.25, -0.2) is 0 Å². The SMILES string of the molecule is c1ccc(C2(c3ccccc3)c3ccccc3-c3ccc(-c4ccc(-c5cccc(N(c6ccc7c(c6)C(c6ccccc6)(c6ccccc6)c6ccccc6-7)c6ccc7ccsc7c6)c5)cc4)cc32)cc1. The van der Waals surface area contributed by atoms with Crippen molar-refractivity contribution in [1.29, 1.82) is 0 Å². The van der Waals surface area contributed by atoms with Gasteiger partial charge in [0.05, 0.1) is 10.8 Å². The Morgan fingerprint density at radius 1 is 0.264 bits per heavy atom. The minimum Gasteiger partial charge on any atom is -0.310 e. The largest absolute Gasteiger partial charge is 0.310 e. The summed E-state index contributed by atoms with van der Waals surface area (Å²) >= 11 is 1.79. The molecule has 2 aliphatic rings. The maximum absolute atomic E-state index is 2.47. The van der Waals surface area contributed by atoms with Crippen LogP contribution in [0.3, 0.4) is 0 Å². The number of benzene rings is 11. The van der Waals surface area contributed by atoms with E-state index in [0.29, 0.717) is 0 Å². The van der Waals surface area contributed by atoms with Gasteiger partial charge in [-0.2, -0.15) is 0 Å². The van der Waals surface area contributed by atoms with Crippen LogP contribution in [0, 0.1) is 0 Å². The molecule has 0 saturated heterocycles. The Kier molecular flexibility index (Phi) is 9.91. The van der Waals surface area contributed by atoms with Gasteiger partial charge in [-0.15, -0.1) is 11.3 Å². The van der Waals surface area contributed by atoms with Crippen LogP contribution in [0.25, 0.3) is 54.6 Å². The quantitative estimate of drug-likeness (QED) is 0.139. The summed E-state index contributed by atoms with van der Waals surface area (Å²) in [6, 6.07) is 104. The van der Waals surface area contributed by atoms with Crippen LogP contribution in [-0.4, -0.2) is 0 Å². The molecule has 0 atom stereocenters. The molecule has 1 nitrogen and oxygen atoms in total. The first-order valence-corrected chi connectivity index (χ1v) is 25.8. The second-order valence-electron chi connectivity index (χ2n) is 19.2. The van der Waals surface area contributed by atoms with Crippen molar-refractivity contribution in [2.24, 2.45) is 0 Å². The highest BCUT2D eigenvalue weighted by Gasteiger charge is 2.47.